The second-order valence-corrected chi connectivity index (χ2v) is 7.76. The highest BCUT2D eigenvalue weighted by molar-refractivity contribution is 7.90. The van der Waals surface area contributed by atoms with E-state index in [-0.39, 0.29) is 16.6 Å². The molecule has 27 heavy (non-hydrogen) atoms. The van der Waals surface area contributed by atoms with Crippen LogP contribution in [0.15, 0.2) is 58.4 Å². The number of hydrogen-bond donors (Lipinski definition) is 2. The van der Waals surface area contributed by atoms with Crippen molar-refractivity contribution in [2.24, 2.45) is 4.99 Å². The van der Waals surface area contributed by atoms with Crippen LogP contribution < -0.4 is 14.8 Å². The van der Waals surface area contributed by atoms with Crippen LogP contribution in [-0.4, -0.2) is 39.9 Å². The quantitative estimate of drug-likeness (QED) is 0.785. The molecule has 0 unspecified atom stereocenters. The summed E-state index contributed by atoms with van der Waals surface area (Å²) in [5.41, 5.74) is 1.47. The molecule has 0 radical (unpaired) electrons. The van der Waals surface area contributed by atoms with Gasteiger partial charge in [0.15, 0.2) is 0 Å². The van der Waals surface area contributed by atoms with Crippen molar-refractivity contribution in [1.29, 1.82) is 0 Å². The number of amidine groups is 1. The van der Waals surface area contributed by atoms with Crippen LogP contribution in [-0.2, 0) is 21.2 Å². The van der Waals surface area contributed by atoms with Crippen molar-refractivity contribution in [2.75, 3.05) is 13.7 Å². The molecule has 1 atom stereocenters. The van der Waals surface area contributed by atoms with Crippen molar-refractivity contribution in [3.05, 3.63) is 59.7 Å². The molecular formula is C19H21N3O4S. The lowest BCUT2D eigenvalue weighted by Gasteiger charge is -2.11. The number of carbonyl (C=O) groups excluding carboxylic acids is 1. The number of benzene rings is 2. The largest absolute Gasteiger partial charge is 0.496 e. The molecule has 7 nitrogen and oxygen atoms in total. The van der Waals surface area contributed by atoms with Crippen molar-refractivity contribution in [2.45, 2.75) is 24.3 Å². The van der Waals surface area contributed by atoms with Crippen LogP contribution in [0.1, 0.15) is 18.1 Å². The summed E-state index contributed by atoms with van der Waals surface area (Å²) >= 11 is 0. The normalized spacial score (nSPS) is 17.0. The van der Waals surface area contributed by atoms with Crippen molar-refractivity contribution < 1.29 is 17.9 Å². The van der Waals surface area contributed by atoms with Gasteiger partial charge in [0.1, 0.15) is 17.6 Å². The highest BCUT2D eigenvalue weighted by Crippen LogP contribution is 2.22. The Labute approximate surface area is 158 Å². The third kappa shape index (κ3) is 4.11. The van der Waals surface area contributed by atoms with Gasteiger partial charge < -0.3 is 10.1 Å². The van der Waals surface area contributed by atoms with Crippen molar-refractivity contribution in [3.8, 4) is 5.75 Å². The molecule has 0 spiro atoms. The van der Waals surface area contributed by atoms with Gasteiger partial charge in [-0.25, -0.2) is 8.42 Å². The highest BCUT2D eigenvalue weighted by atomic mass is 32.2. The first-order valence-corrected chi connectivity index (χ1v) is 10.0. The second kappa shape index (κ2) is 7.79. The summed E-state index contributed by atoms with van der Waals surface area (Å²) in [5, 5.41) is 2.82. The average molecular weight is 387 g/mol. The van der Waals surface area contributed by atoms with E-state index in [0.29, 0.717) is 18.5 Å². The number of para-hydroxylation sites is 1. The number of rotatable bonds is 6. The number of hydrogen-bond acceptors (Lipinski definition) is 5. The maximum absolute atomic E-state index is 12.3. The van der Waals surface area contributed by atoms with Crippen LogP contribution in [0.4, 0.5) is 0 Å². The van der Waals surface area contributed by atoms with Crippen LogP contribution in [0.25, 0.3) is 0 Å². The first-order valence-electron chi connectivity index (χ1n) is 8.52. The molecule has 2 aromatic carbocycles. The Hall–Kier alpha value is -2.87. The molecule has 8 heteroatoms. The molecule has 0 bridgehead atoms. The molecule has 142 valence electrons. The second-order valence-electron chi connectivity index (χ2n) is 6.11. The number of aliphatic imine (C=N–C) groups is 1. The van der Waals surface area contributed by atoms with Gasteiger partial charge in [0.25, 0.3) is 10.0 Å². The van der Waals surface area contributed by atoms with Crippen LogP contribution >= 0.6 is 0 Å². The molecular weight excluding hydrogens is 366 g/mol. The van der Waals surface area contributed by atoms with Crippen LogP contribution in [0.3, 0.4) is 0 Å². The molecule has 0 aromatic heterocycles. The van der Waals surface area contributed by atoms with Gasteiger partial charge in [-0.05, 0) is 37.1 Å². The molecule has 0 fully saturated rings. The van der Waals surface area contributed by atoms with Gasteiger partial charge in [-0.15, -0.1) is 0 Å². The van der Waals surface area contributed by atoms with Gasteiger partial charge in [-0.1, -0.05) is 30.3 Å². The summed E-state index contributed by atoms with van der Waals surface area (Å²) < 4.78 is 31.9. The minimum absolute atomic E-state index is 0.174. The van der Waals surface area contributed by atoms with E-state index in [9.17, 15) is 13.2 Å². The zero-order valence-electron chi connectivity index (χ0n) is 15.1. The van der Waals surface area contributed by atoms with E-state index in [1.54, 1.807) is 32.2 Å². The van der Waals surface area contributed by atoms with Crippen molar-refractivity contribution in [1.82, 2.24) is 10.0 Å². The topological polar surface area (TPSA) is 96.9 Å². The maximum atomic E-state index is 12.3. The van der Waals surface area contributed by atoms with E-state index in [0.717, 1.165) is 11.3 Å². The van der Waals surface area contributed by atoms with Gasteiger partial charge in [-0.3, -0.25) is 14.5 Å². The summed E-state index contributed by atoms with van der Waals surface area (Å²) in [6.45, 7) is 2.05. The van der Waals surface area contributed by atoms with Crippen molar-refractivity contribution in [3.63, 3.8) is 0 Å². The van der Waals surface area contributed by atoms with Crippen LogP contribution in [0.5, 0.6) is 5.75 Å². The van der Waals surface area contributed by atoms with Crippen LogP contribution in [0, 0.1) is 0 Å². The minimum atomic E-state index is -3.61. The molecule has 0 saturated heterocycles. The number of sulfonamides is 1. The lowest BCUT2D eigenvalue weighted by molar-refractivity contribution is -0.121. The smallest absolute Gasteiger partial charge is 0.263 e. The summed E-state index contributed by atoms with van der Waals surface area (Å²) in [7, 11) is -2.01. The summed E-state index contributed by atoms with van der Waals surface area (Å²) in [5.74, 6) is 0.691. The molecule has 1 aliphatic heterocycles. The zero-order chi connectivity index (χ0) is 19.4. The third-order valence-electron chi connectivity index (χ3n) is 4.25. The Balaban J connectivity index is 1.64. The first kappa shape index (κ1) is 18.9. The third-order valence-corrected chi connectivity index (χ3v) is 5.65. The van der Waals surface area contributed by atoms with E-state index in [1.807, 2.05) is 24.3 Å². The van der Waals surface area contributed by atoms with E-state index in [2.05, 4.69) is 15.0 Å². The Bertz CT molecular complexity index is 986. The number of methoxy groups -OCH3 is 1. The number of fused-ring (bicyclic) bond motifs is 1. The minimum Gasteiger partial charge on any atom is -0.496 e. The monoisotopic (exact) mass is 387 g/mol. The molecule has 1 aliphatic rings. The summed E-state index contributed by atoms with van der Waals surface area (Å²) in [6, 6.07) is 13.4. The van der Waals surface area contributed by atoms with Gasteiger partial charge >= 0.3 is 0 Å². The predicted octanol–water partition coefficient (Wildman–Crippen LogP) is 1.48. The van der Waals surface area contributed by atoms with Gasteiger partial charge in [0.2, 0.25) is 5.91 Å². The Morgan fingerprint density at radius 1 is 1.19 bits per heavy atom. The number of nitrogens with zero attached hydrogens (tertiary/aromatic N) is 1. The highest BCUT2D eigenvalue weighted by Gasteiger charge is 2.31. The lowest BCUT2D eigenvalue weighted by atomic mass is 10.1. The molecule has 0 saturated carbocycles. The summed E-state index contributed by atoms with van der Waals surface area (Å²) in [4.78, 5) is 16.8. The zero-order valence-corrected chi connectivity index (χ0v) is 15.9. The number of nitrogens with one attached hydrogen (secondary N) is 2. The van der Waals surface area contributed by atoms with E-state index < -0.39 is 16.1 Å². The fourth-order valence-corrected chi connectivity index (χ4v) is 4.10. The number of amides is 1. The molecule has 2 N–H and O–H groups in total. The van der Waals surface area contributed by atoms with E-state index in [4.69, 9.17) is 4.74 Å². The van der Waals surface area contributed by atoms with Crippen molar-refractivity contribution >= 4 is 21.8 Å². The fraction of sp³-hybridized carbons (Fsp3) is 0.263. The number of ether oxygens (including phenoxy) is 1. The van der Waals surface area contributed by atoms with Crippen LogP contribution in [0.2, 0.25) is 0 Å². The SMILES string of the molecule is COc1ccccc1CCNC(=O)[C@H](C)N=C1NS(=O)(=O)c2ccccc21. The number of carbonyl (C=O) groups is 1. The predicted molar refractivity (Wildman–Crippen MR) is 102 cm³/mol. The Kier molecular flexibility index (Phi) is 5.46. The molecule has 3 rings (SSSR count). The summed E-state index contributed by atoms with van der Waals surface area (Å²) in [6.07, 6.45) is 0.620. The van der Waals surface area contributed by atoms with Gasteiger partial charge in [0.05, 0.1) is 12.0 Å². The van der Waals surface area contributed by atoms with Gasteiger partial charge in [-0.2, -0.15) is 0 Å². The first-order chi connectivity index (χ1) is 12.9. The molecule has 0 aliphatic carbocycles. The Morgan fingerprint density at radius 3 is 2.67 bits per heavy atom. The maximum Gasteiger partial charge on any atom is 0.263 e. The Morgan fingerprint density at radius 2 is 1.89 bits per heavy atom. The molecule has 2 aromatic rings. The lowest BCUT2D eigenvalue weighted by Crippen LogP contribution is -2.35. The fourth-order valence-electron chi connectivity index (χ4n) is 2.86. The standard InChI is InChI=1S/C19H21N3O4S/c1-13(19(23)20-12-11-14-7-3-5-9-16(14)26-2)21-18-15-8-4-6-10-17(15)27(24,25)22-18/h3-10,13H,11-12H2,1-2H3,(H,20,23)(H,21,22)/t13-/m0/s1. The molecule has 1 amide bonds. The van der Waals surface area contributed by atoms with Gasteiger partial charge in [0, 0.05) is 12.1 Å². The average Bonchev–Trinajstić information content (AvgIpc) is 2.92. The van der Waals surface area contributed by atoms with E-state index >= 15 is 0 Å². The molecule has 1 heterocycles. The van der Waals surface area contributed by atoms with E-state index in [1.165, 1.54) is 6.07 Å².